The molecule has 3 aliphatic carbocycles. The van der Waals surface area contributed by atoms with Gasteiger partial charge in [0.25, 0.3) is 0 Å². The third-order valence-corrected chi connectivity index (χ3v) is 37.8. The first-order valence-electron chi connectivity index (χ1n) is 55.9. The molecule has 132 heavy (non-hydrogen) atoms. The lowest BCUT2D eigenvalue weighted by Crippen LogP contribution is -2.74. The van der Waals surface area contributed by atoms with Gasteiger partial charge in [0.15, 0.2) is 0 Å². The highest BCUT2D eigenvalue weighted by molar-refractivity contribution is 5.11. The van der Waals surface area contributed by atoms with Crippen LogP contribution in [0.5, 0.6) is 0 Å². The number of hydrogen-bond acceptors (Lipinski definition) is 27. The van der Waals surface area contributed by atoms with Crippen molar-refractivity contribution in [3.8, 4) is 0 Å². The van der Waals surface area contributed by atoms with Crippen LogP contribution in [0.3, 0.4) is 0 Å². The Hall–Kier alpha value is -1.08. The van der Waals surface area contributed by atoms with Gasteiger partial charge in [-0.25, -0.2) is 0 Å². The van der Waals surface area contributed by atoms with Gasteiger partial charge in [0.05, 0.1) is 17.0 Å². The monoisotopic (exact) mass is 1850 g/mol. The van der Waals surface area contributed by atoms with Crippen molar-refractivity contribution in [2.75, 3.05) is 255 Å². The van der Waals surface area contributed by atoms with Crippen LogP contribution in [0.4, 0.5) is 0 Å². The van der Waals surface area contributed by atoms with Crippen molar-refractivity contribution in [3.63, 3.8) is 0 Å². The fourth-order valence-electron chi connectivity index (χ4n) is 27.1. The van der Waals surface area contributed by atoms with E-state index < -0.39 is 0 Å². The average Bonchev–Trinajstić information content (AvgIpc) is 1.79. The molecule has 0 aromatic rings. The molecule has 0 radical (unpaired) electrons. The smallest absolute Gasteiger partial charge is 0.0711 e. The molecule has 30 fully saturated rings. The molecule has 27 saturated heterocycles. The van der Waals surface area contributed by atoms with E-state index in [4.69, 9.17) is 0 Å². The molecule has 3 saturated carbocycles. The van der Waals surface area contributed by atoms with Crippen LogP contribution in [-0.2, 0) is 0 Å². The summed E-state index contributed by atoms with van der Waals surface area (Å²) in [6.07, 6.45) is 67.4. The lowest BCUT2D eigenvalue weighted by Gasteiger charge is -2.51. The van der Waals surface area contributed by atoms with Crippen LogP contribution in [0, 0.1) is 16.2 Å². The summed E-state index contributed by atoms with van der Waals surface area (Å²) in [4.78, 5) is 0. The topological polar surface area (TPSA) is 325 Å². The van der Waals surface area contributed by atoms with Crippen LogP contribution in [0.2, 0.25) is 0 Å². The van der Waals surface area contributed by atoms with Gasteiger partial charge < -0.3 is 112 Å². The highest BCUT2D eigenvalue weighted by Crippen LogP contribution is 2.44. The van der Waals surface area contributed by atoms with Crippen LogP contribution >= 0.6 is 0 Å². The molecule has 5 atom stereocenters. The zero-order chi connectivity index (χ0) is 88.1. The van der Waals surface area contributed by atoms with E-state index >= 15 is 0 Å². The predicted octanol–water partition coefficient (Wildman–Crippen LogP) is 6.45. The molecule has 0 amide bonds. The van der Waals surface area contributed by atoms with Crippen LogP contribution in [-0.4, -0.2) is 322 Å². The van der Waals surface area contributed by atoms with E-state index in [1.54, 1.807) is 0 Å². The maximum absolute atomic E-state index is 3.73. The molecular formula is C105H213N27. The Balaban J connectivity index is 0.000000120. The standard InChI is InChI=1S/2C10H19N.C9H18N2.4C7H14N2.4C6H12N2.C6H11N.3C5H10N2.3CH4/c2*1-2-6-10(7-3-1)8-4-5-9-11-10;1-2-7-11-9(4-1)5-3-6-10-8-9;1-3-8-5-7(1)2-4-9-6-7;1-3-7(8-5-1)4-2-6-9-7;2*1-2-7(9-4-1)3-5-8-6-7;1-3-7-5-6(1)2-4-8-6;1-2-7-3-6(1)4-8-5-6;1-2-6(7-4-1)3-5-8-6;1-2-6(8-3-1)4-7-5-6;1-2-6(3-1)4-7-5-6;1-3-6-5(1)2-4-7-5;2*1-2-7-5(1)3-6-4-5;;;/h2*11H,1-9H2;10-11H,1-8H2;4*8-9H,1-6H2;4*7-8H,1-5H2;7H,1-5H2;3*6-7H,1-4H2;3*1H4. The zero-order valence-corrected chi connectivity index (χ0v) is 82.5. The Labute approximate surface area is 807 Å². The van der Waals surface area contributed by atoms with Crippen molar-refractivity contribution in [1.82, 2.24) is 144 Å². The third-order valence-electron chi connectivity index (χ3n) is 37.8. The predicted molar refractivity (Wildman–Crippen MR) is 556 cm³/mol. The minimum absolute atomic E-state index is 0. The van der Waals surface area contributed by atoms with Gasteiger partial charge in [-0.2, -0.15) is 0 Å². The summed E-state index contributed by atoms with van der Waals surface area (Å²) >= 11 is 0. The number of hydrogen-bond donors (Lipinski definition) is 27. The second-order valence-electron chi connectivity index (χ2n) is 47.5. The second kappa shape index (κ2) is 52.4. The molecule has 5 unspecified atom stereocenters. The normalized spacial score (nSPS) is 35.3. The average molecular weight is 1850 g/mol. The van der Waals surface area contributed by atoms with E-state index in [2.05, 4.69) is 144 Å². The summed E-state index contributed by atoms with van der Waals surface area (Å²) in [6, 6.07) is 0. The Morgan fingerprint density at radius 2 is 0.303 bits per heavy atom. The van der Waals surface area contributed by atoms with Gasteiger partial charge in [-0.3, -0.25) is 31.9 Å². The van der Waals surface area contributed by atoms with Crippen molar-refractivity contribution in [1.29, 1.82) is 0 Å². The summed E-state index contributed by atoms with van der Waals surface area (Å²) in [5.41, 5.74) is 8.49. The van der Waals surface area contributed by atoms with Gasteiger partial charge in [0.2, 0.25) is 0 Å². The number of piperidine rings is 4. The fourth-order valence-corrected chi connectivity index (χ4v) is 27.1. The van der Waals surface area contributed by atoms with Crippen molar-refractivity contribution in [2.45, 2.75) is 397 Å². The van der Waals surface area contributed by atoms with Gasteiger partial charge in [-0.15, -0.1) is 0 Å². The minimum Gasteiger partial charge on any atom is -0.316 e. The zero-order valence-electron chi connectivity index (χ0n) is 82.5. The Bertz CT molecular complexity index is 2450. The van der Waals surface area contributed by atoms with E-state index in [0.29, 0.717) is 77.7 Å². The number of rotatable bonds is 0. The quantitative estimate of drug-likeness (QED) is 0.124. The fraction of sp³-hybridized carbons (Fsp3) is 1.00. The maximum atomic E-state index is 3.73. The van der Waals surface area contributed by atoms with E-state index in [1.165, 1.54) is 563 Å². The van der Waals surface area contributed by atoms with Gasteiger partial charge in [-0.1, -0.05) is 86.5 Å². The van der Waals surface area contributed by atoms with E-state index in [9.17, 15) is 0 Å². The van der Waals surface area contributed by atoms with Crippen molar-refractivity contribution >= 4 is 0 Å². The molecule has 0 bridgehead atoms. The lowest BCUT2D eigenvalue weighted by molar-refractivity contribution is 0.0603. The summed E-state index contributed by atoms with van der Waals surface area (Å²) in [6.45, 7) is 48.0. The van der Waals surface area contributed by atoms with Crippen LogP contribution in [0.1, 0.15) is 330 Å². The molecule has 27 N–H and O–H groups in total. The Morgan fingerprint density at radius 1 is 0.0985 bits per heavy atom. The highest BCUT2D eigenvalue weighted by atomic mass is 15.3. The molecule has 27 heterocycles. The van der Waals surface area contributed by atoms with Crippen LogP contribution in [0.25, 0.3) is 0 Å². The molecule has 0 aromatic heterocycles. The third kappa shape index (κ3) is 30.5. The van der Waals surface area contributed by atoms with E-state index in [0.717, 1.165) is 5.41 Å². The van der Waals surface area contributed by atoms with Crippen LogP contribution < -0.4 is 144 Å². The van der Waals surface area contributed by atoms with E-state index in [-0.39, 0.29) is 22.3 Å². The first-order valence-corrected chi connectivity index (χ1v) is 55.9. The van der Waals surface area contributed by atoms with Crippen molar-refractivity contribution in [2.24, 2.45) is 16.2 Å². The molecule has 15 spiro atoms. The molecule has 27 nitrogen and oxygen atoms in total. The van der Waals surface area contributed by atoms with Crippen molar-refractivity contribution < 1.29 is 0 Å². The summed E-state index contributed by atoms with van der Waals surface area (Å²) < 4.78 is 0. The molecule has 0 aromatic carbocycles. The molecule has 30 aliphatic rings. The SMILES string of the molecule is C.C.C.C1CC2(C1)CNC2.C1CC2(CCN2)CN1.C1CC2(CCN2)N1.C1CC2(CCNC2)CN1.C1CC2(CN1)CNC2.C1CC2(CNC2)N1.C1CC2(CNC2)N1.C1CCC2(CC1)CCCCN2.C1CCC2(CC1)CCCCN2.C1CCC2(CCCNC2)NC1.C1CNC2(C1)CCCN2.C1CNC2(C1)CCN2.C1CNC2(C1)CCNC2.C1CNC2(C1)CCNC2.C1CNC2(C1)CNC2. The first-order chi connectivity index (χ1) is 63.2. The maximum Gasteiger partial charge on any atom is 0.0711 e. The largest absolute Gasteiger partial charge is 0.316 e. The minimum atomic E-state index is 0. The van der Waals surface area contributed by atoms with Gasteiger partial charge in [-0.05, 0) is 399 Å². The first kappa shape index (κ1) is 108. The van der Waals surface area contributed by atoms with Crippen LogP contribution in [0.15, 0.2) is 0 Å². The van der Waals surface area contributed by atoms with Crippen molar-refractivity contribution in [3.05, 3.63) is 0 Å². The summed E-state index contributed by atoms with van der Waals surface area (Å²) in [5, 5.41) is 92.8. The van der Waals surface area contributed by atoms with Gasteiger partial charge in [0, 0.05) is 167 Å². The molecule has 768 valence electrons. The molecule has 27 aliphatic heterocycles. The lowest BCUT2D eigenvalue weighted by atomic mass is 9.65. The molecular weight excluding hydrogens is 1640 g/mol. The summed E-state index contributed by atoms with van der Waals surface area (Å²) in [5.74, 6) is 0. The summed E-state index contributed by atoms with van der Waals surface area (Å²) in [7, 11) is 0. The number of nitrogens with one attached hydrogen (secondary N) is 27. The van der Waals surface area contributed by atoms with Gasteiger partial charge >= 0.3 is 0 Å². The Kier molecular flexibility index (Phi) is 43.0. The molecule has 27 heteroatoms. The molecule has 30 rings (SSSR count). The van der Waals surface area contributed by atoms with Gasteiger partial charge in [0.1, 0.15) is 0 Å². The second-order valence-corrected chi connectivity index (χ2v) is 47.5. The van der Waals surface area contributed by atoms with E-state index in [1.807, 2.05) is 0 Å². The Morgan fingerprint density at radius 3 is 0.477 bits per heavy atom. The highest BCUT2D eigenvalue weighted by Gasteiger charge is 2.48.